The lowest BCUT2D eigenvalue weighted by Crippen LogP contribution is -2.03. The second-order valence-corrected chi connectivity index (χ2v) is 4.50. The van der Waals surface area contributed by atoms with Crippen LogP contribution in [0, 0.1) is 0 Å². The van der Waals surface area contributed by atoms with Crippen LogP contribution in [0.5, 0.6) is 0 Å². The third kappa shape index (κ3) is 2.58. The van der Waals surface area contributed by atoms with Crippen molar-refractivity contribution >= 4 is 0 Å². The van der Waals surface area contributed by atoms with Crippen molar-refractivity contribution in [3.8, 4) is 0 Å². The van der Waals surface area contributed by atoms with Gasteiger partial charge in [-0.1, -0.05) is 26.0 Å². The maximum Gasteiger partial charge on any atom is 0.0224 e. The third-order valence-electron chi connectivity index (χ3n) is 3.45. The molecule has 2 aliphatic heterocycles. The van der Waals surface area contributed by atoms with Crippen molar-refractivity contribution in [1.82, 2.24) is 9.80 Å². The van der Waals surface area contributed by atoms with Crippen LogP contribution >= 0.6 is 0 Å². The average Bonchev–Trinajstić information content (AvgIpc) is 3.08. The van der Waals surface area contributed by atoms with Gasteiger partial charge in [0.1, 0.15) is 0 Å². The smallest absolute Gasteiger partial charge is 0.0224 e. The second-order valence-electron chi connectivity index (χ2n) is 4.50. The van der Waals surface area contributed by atoms with E-state index in [1.807, 2.05) is 0 Å². The lowest BCUT2D eigenvalue weighted by atomic mass is 10.4. The molecular formula is C12H22N2. The van der Waals surface area contributed by atoms with Crippen LogP contribution in [0.4, 0.5) is 0 Å². The van der Waals surface area contributed by atoms with Crippen LogP contribution in [0.2, 0.25) is 0 Å². The summed E-state index contributed by atoms with van der Waals surface area (Å²) in [5, 5.41) is 0. The molecule has 4 unspecified atom stereocenters. The molecule has 14 heavy (non-hydrogen) atoms. The van der Waals surface area contributed by atoms with E-state index in [2.05, 4.69) is 35.8 Å². The molecular weight excluding hydrogens is 172 g/mol. The summed E-state index contributed by atoms with van der Waals surface area (Å²) in [5.74, 6) is 0. The van der Waals surface area contributed by atoms with E-state index in [4.69, 9.17) is 0 Å². The summed E-state index contributed by atoms with van der Waals surface area (Å²) in [6, 6.07) is 1.79. The Morgan fingerprint density at radius 2 is 1.36 bits per heavy atom. The zero-order valence-electron chi connectivity index (χ0n) is 9.45. The molecule has 0 aromatic heterocycles. The van der Waals surface area contributed by atoms with Gasteiger partial charge in [0, 0.05) is 38.3 Å². The Kier molecular flexibility index (Phi) is 3.24. The minimum atomic E-state index is 0.893. The molecule has 0 amide bonds. The molecule has 0 aliphatic carbocycles. The zero-order chi connectivity index (χ0) is 9.97. The molecule has 0 aromatic rings. The lowest BCUT2D eigenvalue weighted by Gasteiger charge is -1.97. The normalized spacial score (nSPS) is 40.4. The van der Waals surface area contributed by atoms with Crippen LogP contribution < -0.4 is 0 Å². The Hall–Kier alpha value is -0.340. The van der Waals surface area contributed by atoms with Gasteiger partial charge >= 0.3 is 0 Å². The Balaban J connectivity index is 1.52. The Labute approximate surface area is 87.6 Å². The van der Waals surface area contributed by atoms with Crippen LogP contribution in [0.1, 0.15) is 26.7 Å². The van der Waals surface area contributed by atoms with Gasteiger partial charge in [-0.3, -0.25) is 9.80 Å². The van der Waals surface area contributed by atoms with E-state index in [0.29, 0.717) is 0 Å². The van der Waals surface area contributed by atoms with Gasteiger partial charge in [-0.15, -0.1) is 0 Å². The van der Waals surface area contributed by atoms with Crippen molar-refractivity contribution in [3.05, 3.63) is 12.2 Å². The van der Waals surface area contributed by atoms with E-state index >= 15 is 0 Å². The number of nitrogens with zero attached hydrogens (tertiary/aromatic N) is 2. The van der Waals surface area contributed by atoms with E-state index in [0.717, 1.165) is 12.1 Å². The highest BCUT2D eigenvalue weighted by Crippen LogP contribution is 2.21. The quantitative estimate of drug-likeness (QED) is 0.469. The fourth-order valence-electron chi connectivity index (χ4n) is 2.09. The zero-order valence-corrected chi connectivity index (χ0v) is 9.45. The Morgan fingerprint density at radius 1 is 0.929 bits per heavy atom. The van der Waals surface area contributed by atoms with Crippen molar-refractivity contribution in [2.75, 3.05) is 26.2 Å². The summed E-state index contributed by atoms with van der Waals surface area (Å²) < 4.78 is 0. The van der Waals surface area contributed by atoms with Crippen LogP contribution in [0.25, 0.3) is 0 Å². The van der Waals surface area contributed by atoms with E-state index in [1.165, 1.54) is 39.0 Å². The van der Waals surface area contributed by atoms with Gasteiger partial charge in [-0.25, -0.2) is 0 Å². The summed E-state index contributed by atoms with van der Waals surface area (Å²) in [7, 11) is 0. The van der Waals surface area contributed by atoms with Crippen LogP contribution in [-0.2, 0) is 0 Å². The molecule has 2 aliphatic rings. The van der Waals surface area contributed by atoms with Crippen molar-refractivity contribution in [2.24, 2.45) is 0 Å². The summed E-state index contributed by atoms with van der Waals surface area (Å²) in [5.41, 5.74) is 0. The van der Waals surface area contributed by atoms with E-state index < -0.39 is 0 Å². The van der Waals surface area contributed by atoms with Crippen LogP contribution in [-0.4, -0.2) is 48.1 Å². The monoisotopic (exact) mass is 194 g/mol. The first-order valence-electron chi connectivity index (χ1n) is 5.98. The molecule has 80 valence electrons. The Bertz CT molecular complexity index is 190. The predicted molar refractivity (Wildman–Crippen MR) is 60.4 cm³/mol. The molecule has 0 bridgehead atoms. The van der Waals surface area contributed by atoms with Crippen molar-refractivity contribution in [2.45, 2.75) is 38.8 Å². The highest BCUT2D eigenvalue weighted by atomic mass is 15.3. The Morgan fingerprint density at radius 3 is 1.64 bits per heavy atom. The summed E-state index contributed by atoms with van der Waals surface area (Å²) in [6.07, 6.45) is 7.30. The van der Waals surface area contributed by atoms with Crippen LogP contribution in [0.3, 0.4) is 0 Å². The average molecular weight is 194 g/mol. The standard InChI is InChI=1S/C12H22N2/c1-3-11-9-13(11)7-5-6-8-14-10-12(14)4-2/h5-6,11-12H,3-4,7-10H2,1-2H3. The molecule has 4 atom stereocenters. The van der Waals surface area contributed by atoms with Gasteiger partial charge in [0.25, 0.3) is 0 Å². The van der Waals surface area contributed by atoms with Gasteiger partial charge < -0.3 is 0 Å². The molecule has 2 heteroatoms. The maximum absolute atomic E-state index is 2.52. The summed E-state index contributed by atoms with van der Waals surface area (Å²) in [4.78, 5) is 5.05. The highest BCUT2D eigenvalue weighted by Gasteiger charge is 2.31. The minimum absolute atomic E-state index is 0.893. The molecule has 0 saturated carbocycles. The number of hydrogen-bond acceptors (Lipinski definition) is 2. The van der Waals surface area contributed by atoms with Crippen molar-refractivity contribution < 1.29 is 0 Å². The minimum Gasteiger partial charge on any atom is -0.294 e. The fourth-order valence-corrected chi connectivity index (χ4v) is 2.09. The largest absolute Gasteiger partial charge is 0.294 e. The molecule has 0 aromatic carbocycles. The molecule has 0 radical (unpaired) electrons. The highest BCUT2D eigenvalue weighted by molar-refractivity contribution is 4.99. The van der Waals surface area contributed by atoms with Gasteiger partial charge in [0.15, 0.2) is 0 Å². The number of rotatable bonds is 6. The summed E-state index contributed by atoms with van der Waals surface area (Å²) >= 11 is 0. The third-order valence-corrected chi connectivity index (χ3v) is 3.45. The predicted octanol–water partition coefficient (Wildman–Crippen LogP) is 1.73. The molecule has 0 spiro atoms. The molecule has 2 rings (SSSR count). The van der Waals surface area contributed by atoms with Gasteiger partial charge in [-0.2, -0.15) is 0 Å². The van der Waals surface area contributed by atoms with E-state index in [1.54, 1.807) is 0 Å². The fraction of sp³-hybridized carbons (Fsp3) is 0.833. The first-order chi connectivity index (χ1) is 6.85. The van der Waals surface area contributed by atoms with Gasteiger partial charge in [0.2, 0.25) is 0 Å². The maximum atomic E-state index is 2.52. The molecule has 2 saturated heterocycles. The van der Waals surface area contributed by atoms with Gasteiger partial charge in [0.05, 0.1) is 0 Å². The first-order valence-corrected chi connectivity index (χ1v) is 5.98. The van der Waals surface area contributed by atoms with E-state index in [-0.39, 0.29) is 0 Å². The van der Waals surface area contributed by atoms with Crippen molar-refractivity contribution in [1.29, 1.82) is 0 Å². The van der Waals surface area contributed by atoms with Gasteiger partial charge in [-0.05, 0) is 12.8 Å². The molecule has 2 nitrogen and oxygen atoms in total. The lowest BCUT2D eigenvalue weighted by molar-refractivity contribution is 0.539. The molecule has 2 fully saturated rings. The molecule has 2 heterocycles. The number of hydrogen-bond donors (Lipinski definition) is 0. The van der Waals surface area contributed by atoms with E-state index in [9.17, 15) is 0 Å². The summed E-state index contributed by atoms with van der Waals surface area (Å²) in [6.45, 7) is 9.53. The topological polar surface area (TPSA) is 6.02 Å². The van der Waals surface area contributed by atoms with Crippen LogP contribution in [0.15, 0.2) is 12.2 Å². The SMILES string of the molecule is CCC1CN1CC=CCN1CC1CC. The van der Waals surface area contributed by atoms with Crippen molar-refractivity contribution in [3.63, 3.8) is 0 Å². The first kappa shape index (κ1) is 10.2. The second kappa shape index (κ2) is 4.45. The molecule has 0 N–H and O–H groups in total.